The minimum absolute atomic E-state index is 0.250. The van der Waals surface area contributed by atoms with E-state index in [2.05, 4.69) is 11.0 Å². The minimum Gasteiger partial charge on any atom is -0.271 e. The third kappa shape index (κ3) is 2.97. The molecule has 0 atom stereocenters. The van der Waals surface area contributed by atoms with Gasteiger partial charge in [-0.3, -0.25) is 8.99 Å². The van der Waals surface area contributed by atoms with Gasteiger partial charge in [-0.1, -0.05) is 12.0 Å². The average Bonchev–Trinajstić information content (AvgIpc) is 2.72. The first-order valence-electron chi connectivity index (χ1n) is 7.31. The Morgan fingerprint density at radius 3 is 2.43 bits per heavy atom. The van der Waals surface area contributed by atoms with Crippen LogP contribution in [0.1, 0.15) is 30.8 Å². The summed E-state index contributed by atoms with van der Waals surface area (Å²) in [7, 11) is -2.00. The Balaban J connectivity index is 2.68. The lowest BCUT2D eigenvalue weighted by Crippen LogP contribution is -2.37. The van der Waals surface area contributed by atoms with Crippen LogP contribution in [0.5, 0.6) is 0 Å². The Hall–Kier alpha value is -2.26. The van der Waals surface area contributed by atoms with Crippen LogP contribution in [0, 0.1) is 26.2 Å². The number of aromatic nitrogens is 2. The summed E-state index contributed by atoms with van der Waals surface area (Å²) in [6.07, 6.45) is 5.44. The summed E-state index contributed by atoms with van der Waals surface area (Å²) in [5.74, 6) is 2.54. The van der Waals surface area contributed by atoms with Gasteiger partial charge in [0.15, 0.2) is 0 Å². The van der Waals surface area contributed by atoms with Crippen LogP contribution in [0.4, 0.5) is 5.69 Å². The van der Waals surface area contributed by atoms with Gasteiger partial charge in [-0.25, -0.2) is 8.42 Å². The molecule has 5 nitrogen and oxygen atoms in total. The Morgan fingerprint density at radius 2 is 1.96 bits per heavy atom. The van der Waals surface area contributed by atoms with E-state index in [4.69, 9.17) is 6.42 Å². The van der Waals surface area contributed by atoms with Gasteiger partial charge in [-0.05, 0) is 45.9 Å². The molecule has 0 aliphatic heterocycles. The number of terminal acetylenes is 1. The van der Waals surface area contributed by atoms with Gasteiger partial charge in [0.1, 0.15) is 4.90 Å². The lowest BCUT2D eigenvalue weighted by molar-refractivity contribution is 0.583. The van der Waals surface area contributed by atoms with Gasteiger partial charge in [0.2, 0.25) is 0 Å². The highest BCUT2D eigenvalue weighted by molar-refractivity contribution is 7.93. The van der Waals surface area contributed by atoms with Crippen LogP contribution in [0.2, 0.25) is 0 Å². The van der Waals surface area contributed by atoms with E-state index in [-0.39, 0.29) is 10.9 Å². The van der Waals surface area contributed by atoms with Gasteiger partial charge in [-0.15, -0.1) is 6.42 Å². The van der Waals surface area contributed by atoms with Gasteiger partial charge in [0, 0.05) is 18.7 Å². The Bertz CT molecular complexity index is 874. The molecular formula is C17H21N3O2S. The number of rotatable bonds is 4. The summed E-state index contributed by atoms with van der Waals surface area (Å²) in [5, 5.41) is 4.22. The van der Waals surface area contributed by atoms with Gasteiger partial charge in [0.25, 0.3) is 10.0 Å². The van der Waals surface area contributed by atoms with Crippen molar-refractivity contribution in [2.45, 2.75) is 38.6 Å². The number of aryl methyl sites for hydroxylation is 2. The van der Waals surface area contributed by atoms with Crippen molar-refractivity contribution in [1.82, 2.24) is 9.78 Å². The molecule has 0 spiro atoms. The number of sulfonamides is 1. The SMILES string of the molecule is C#Cc1cccc(N(C(C)C)S(=O)(=O)c2c(C)nn(C)c2C)c1. The predicted octanol–water partition coefficient (Wildman–Crippen LogP) is 2.62. The Labute approximate surface area is 138 Å². The molecule has 6 heteroatoms. The summed E-state index contributed by atoms with van der Waals surface area (Å²) in [5.41, 5.74) is 2.30. The lowest BCUT2D eigenvalue weighted by Gasteiger charge is -2.28. The molecule has 0 bridgehead atoms. The summed E-state index contributed by atoms with van der Waals surface area (Å²) in [6.45, 7) is 7.13. The molecule has 0 aliphatic rings. The third-order valence-electron chi connectivity index (χ3n) is 3.70. The van der Waals surface area contributed by atoms with E-state index in [1.807, 2.05) is 13.8 Å². The third-order valence-corrected chi connectivity index (χ3v) is 5.95. The molecule has 0 fully saturated rings. The maximum absolute atomic E-state index is 13.2. The summed E-state index contributed by atoms with van der Waals surface area (Å²) in [4.78, 5) is 0.250. The number of hydrogen-bond donors (Lipinski definition) is 0. The molecule has 2 rings (SSSR count). The molecule has 2 aromatic rings. The fraction of sp³-hybridized carbons (Fsp3) is 0.353. The van der Waals surface area contributed by atoms with Gasteiger partial charge in [-0.2, -0.15) is 5.10 Å². The Morgan fingerprint density at radius 1 is 1.30 bits per heavy atom. The van der Waals surface area contributed by atoms with E-state index in [1.54, 1.807) is 49.8 Å². The predicted molar refractivity (Wildman–Crippen MR) is 91.9 cm³/mol. The molecule has 0 unspecified atom stereocenters. The molecule has 0 saturated heterocycles. The first-order chi connectivity index (χ1) is 10.7. The van der Waals surface area contributed by atoms with Crippen molar-refractivity contribution in [1.29, 1.82) is 0 Å². The van der Waals surface area contributed by atoms with Crippen molar-refractivity contribution >= 4 is 15.7 Å². The van der Waals surface area contributed by atoms with Crippen LogP contribution in [-0.4, -0.2) is 24.2 Å². The molecule has 0 amide bonds. The van der Waals surface area contributed by atoms with Crippen LogP contribution < -0.4 is 4.31 Å². The largest absolute Gasteiger partial charge is 0.271 e. The second kappa shape index (κ2) is 6.09. The smallest absolute Gasteiger partial charge is 0.268 e. The molecule has 1 aromatic heterocycles. The van der Waals surface area contributed by atoms with E-state index in [0.29, 0.717) is 22.6 Å². The van der Waals surface area contributed by atoms with Gasteiger partial charge in [0.05, 0.1) is 17.1 Å². The standard InChI is InChI=1S/C17H21N3O2S/c1-7-15-9-8-10-16(11-15)20(12(2)3)23(21,22)17-13(4)18-19(6)14(17)5/h1,8-12H,2-6H3. The van der Waals surface area contributed by atoms with Crippen molar-refractivity contribution in [2.75, 3.05) is 4.31 Å². The molecule has 23 heavy (non-hydrogen) atoms. The zero-order valence-corrected chi connectivity index (χ0v) is 14.8. The van der Waals surface area contributed by atoms with Gasteiger partial charge >= 0.3 is 0 Å². The molecule has 0 N–H and O–H groups in total. The number of hydrogen-bond acceptors (Lipinski definition) is 3. The second-order valence-corrected chi connectivity index (χ2v) is 7.46. The molecule has 122 valence electrons. The first kappa shape index (κ1) is 17.1. The van der Waals surface area contributed by atoms with Crippen LogP contribution >= 0.6 is 0 Å². The van der Waals surface area contributed by atoms with E-state index < -0.39 is 10.0 Å². The van der Waals surface area contributed by atoms with Crippen molar-refractivity contribution in [3.05, 3.63) is 41.2 Å². The van der Waals surface area contributed by atoms with E-state index in [9.17, 15) is 8.42 Å². The minimum atomic E-state index is -3.74. The highest BCUT2D eigenvalue weighted by atomic mass is 32.2. The first-order valence-corrected chi connectivity index (χ1v) is 8.75. The average molecular weight is 331 g/mol. The maximum atomic E-state index is 13.2. The van der Waals surface area contributed by atoms with Crippen LogP contribution in [-0.2, 0) is 17.1 Å². The number of benzene rings is 1. The van der Waals surface area contributed by atoms with Crippen molar-refractivity contribution in [2.24, 2.45) is 7.05 Å². The monoisotopic (exact) mass is 331 g/mol. The maximum Gasteiger partial charge on any atom is 0.268 e. The van der Waals surface area contributed by atoms with Crippen LogP contribution in [0.15, 0.2) is 29.2 Å². The highest BCUT2D eigenvalue weighted by Gasteiger charge is 2.32. The van der Waals surface area contributed by atoms with E-state index in [0.717, 1.165) is 0 Å². The summed E-state index contributed by atoms with van der Waals surface area (Å²) < 4.78 is 29.5. The quantitative estimate of drug-likeness (QED) is 0.809. The van der Waals surface area contributed by atoms with Crippen molar-refractivity contribution < 1.29 is 8.42 Å². The van der Waals surface area contributed by atoms with Crippen molar-refractivity contribution in [3.8, 4) is 12.3 Å². The number of nitrogens with zero attached hydrogens (tertiary/aromatic N) is 3. The number of anilines is 1. The van der Waals surface area contributed by atoms with Crippen LogP contribution in [0.3, 0.4) is 0 Å². The molecular weight excluding hydrogens is 310 g/mol. The molecule has 0 saturated carbocycles. The zero-order chi connectivity index (χ0) is 17.4. The van der Waals surface area contributed by atoms with Crippen molar-refractivity contribution in [3.63, 3.8) is 0 Å². The second-order valence-electron chi connectivity index (χ2n) is 5.71. The molecule has 1 aromatic carbocycles. The van der Waals surface area contributed by atoms with E-state index >= 15 is 0 Å². The molecule has 1 heterocycles. The van der Waals surface area contributed by atoms with Crippen LogP contribution in [0.25, 0.3) is 0 Å². The fourth-order valence-electron chi connectivity index (χ4n) is 2.67. The zero-order valence-electron chi connectivity index (χ0n) is 14.0. The molecule has 0 aliphatic carbocycles. The Kier molecular flexibility index (Phi) is 4.53. The van der Waals surface area contributed by atoms with Gasteiger partial charge < -0.3 is 0 Å². The lowest BCUT2D eigenvalue weighted by atomic mass is 10.2. The normalized spacial score (nSPS) is 11.5. The highest BCUT2D eigenvalue weighted by Crippen LogP contribution is 2.30. The summed E-state index contributed by atoms with van der Waals surface area (Å²) >= 11 is 0. The molecule has 0 radical (unpaired) electrons. The van der Waals surface area contributed by atoms with E-state index in [1.165, 1.54) is 4.31 Å². The topological polar surface area (TPSA) is 55.2 Å². The fourth-order valence-corrected chi connectivity index (χ4v) is 4.74. The summed E-state index contributed by atoms with van der Waals surface area (Å²) in [6, 6.07) is 6.73.